The number of fused-ring (bicyclic) bond motifs is 1. The third-order valence-corrected chi connectivity index (χ3v) is 6.31. The number of ether oxygens (including phenoxy) is 1. The topological polar surface area (TPSA) is 96.7 Å². The number of pyridine rings is 2. The van der Waals surface area contributed by atoms with Gasteiger partial charge in [0.2, 0.25) is 0 Å². The van der Waals surface area contributed by atoms with Crippen LogP contribution in [-0.2, 0) is 11.3 Å². The van der Waals surface area contributed by atoms with Crippen molar-refractivity contribution in [3.05, 3.63) is 34.2 Å². The Kier molecular flexibility index (Phi) is 6.34. The van der Waals surface area contributed by atoms with Crippen LogP contribution in [0.15, 0.2) is 23.1 Å². The van der Waals surface area contributed by atoms with Crippen LogP contribution in [0.2, 0.25) is 0 Å². The normalized spacial score (nSPS) is 22.8. The second-order valence-corrected chi connectivity index (χ2v) is 8.44. The molecule has 0 spiro atoms. The fraction of sp³-hybridized carbons (Fsp3) is 0.591. The zero-order chi connectivity index (χ0) is 21.1. The number of carbonyl (C=O) groups is 1. The van der Waals surface area contributed by atoms with Crippen LogP contribution in [0.1, 0.15) is 43.0 Å². The van der Waals surface area contributed by atoms with Crippen LogP contribution in [0.4, 0.5) is 0 Å². The van der Waals surface area contributed by atoms with Crippen LogP contribution >= 0.6 is 0 Å². The van der Waals surface area contributed by atoms with E-state index in [1.165, 1.54) is 4.57 Å². The summed E-state index contributed by atoms with van der Waals surface area (Å²) in [5.41, 5.74) is -0.277. The summed E-state index contributed by atoms with van der Waals surface area (Å²) in [6, 6.07) is 3.43. The third-order valence-electron chi connectivity index (χ3n) is 6.31. The molecule has 0 atom stereocenters. The van der Waals surface area contributed by atoms with E-state index in [4.69, 9.17) is 4.74 Å². The van der Waals surface area contributed by atoms with Gasteiger partial charge in [0.1, 0.15) is 17.0 Å². The minimum Gasteiger partial charge on any atom is -0.506 e. The lowest BCUT2D eigenvalue weighted by Crippen LogP contribution is -2.42. The summed E-state index contributed by atoms with van der Waals surface area (Å²) in [6.07, 6.45) is 5.50. The standard InChI is InChI=1S/C22H30N4O4/c1-15-4-6-16(7-5-15)24-21(28)18-19(27)17-3-2-8-23-20(17)26(22(18)29)10-9-25-11-13-30-14-12-25/h2-3,8,15-16,27H,4-7,9-14H2,1H3,(H,24,28)/t15-,16+. The first-order chi connectivity index (χ1) is 14.5. The van der Waals surface area contributed by atoms with Gasteiger partial charge in [-0.05, 0) is 43.7 Å². The highest BCUT2D eigenvalue weighted by Crippen LogP contribution is 2.27. The average molecular weight is 415 g/mol. The van der Waals surface area contributed by atoms with E-state index in [2.05, 4.69) is 22.1 Å². The molecule has 0 aromatic carbocycles. The number of aromatic nitrogens is 2. The van der Waals surface area contributed by atoms with Crippen molar-refractivity contribution in [1.29, 1.82) is 0 Å². The Morgan fingerprint density at radius 3 is 2.70 bits per heavy atom. The molecule has 1 aliphatic carbocycles. The highest BCUT2D eigenvalue weighted by atomic mass is 16.5. The molecule has 4 rings (SSSR count). The summed E-state index contributed by atoms with van der Waals surface area (Å²) in [6.45, 7) is 6.24. The molecule has 8 nitrogen and oxygen atoms in total. The van der Waals surface area contributed by atoms with E-state index in [0.29, 0.717) is 43.3 Å². The maximum absolute atomic E-state index is 13.3. The number of amides is 1. The van der Waals surface area contributed by atoms with Gasteiger partial charge in [-0.2, -0.15) is 0 Å². The van der Waals surface area contributed by atoms with Crippen molar-refractivity contribution in [2.24, 2.45) is 5.92 Å². The first kappa shape index (κ1) is 20.8. The molecule has 2 N–H and O–H groups in total. The fourth-order valence-corrected chi connectivity index (χ4v) is 4.40. The van der Waals surface area contributed by atoms with Crippen molar-refractivity contribution in [1.82, 2.24) is 19.8 Å². The van der Waals surface area contributed by atoms with Gasteiger partial charge >= 0.3 is 0 Å². The van der Waals surface area contributed by atoms with Crippen molar-refractivity contribution in [3.8, 4) is 5.75 Å². The number of nitrogens with one attached hydrogen (secondary N) is 1. The van der Waals surface area contributed by atoms with E-state index < -0.39 is 11.5 Å². The van der Waals surface area contributed by atoms with Crippen molar-refractivity contribution in [2.75, 3.05) is 32.8 Å². The molecule has 162 valence electrons. The van der Waals surface area contributed by atoms with Crippen molar-refractivity contribution in [3.63, 3.8) is 0 Å². The molecule has 2 aliphatic rings. The Bertz CT molecular complexity index is 959. The molecule has 1 amide bonds. The van der Waals surface area contributed by atoms with Gasteiger partial charge in [0.15, 0.2) is 0 Å². The second-order valence-electron chi connectivity index (χ2n) is 8.44. The largest absolute Gasteiger partial charge is 0.506 e. The SMILES string of the molecule is C[C@H]1CC[C@@H](NC(=O)c2c(O)c3cccnc3n(CCN3CCOCC3)c2=O)CC1. The average Bonchev–Trinajstić information content (AvgIpc) is 2.76. The molecule has 30 heavy (non-hydrogen) atoms. The summed E-state index contributed by atoms with van der Waals surface area (Å²) in [5, 5.41) is 14.2. The number of nitrogens with zero attached hydrogens (tertiary/aromatic N) is 3. The van der Waals surface area contributed by atoms with Gasteiger partial charge in [-0.3, -0.25) is 19.1 Å². The maximum atomic E-state index is 13.3. The molecule has 0 bridgehead atoms. The molecule has 1 saturated carbocycles. The van der Waals surface area contributed by atoms with Crippen LogP contribution < -0.4 is 10.9 Å². The Morgan fingerprint density at radius 2 is 1.97 bits per heavy atom. The maximum Gasteiger partial charge on any atom is 0.268 e. The smallest absolute Gasteiger partial charge is 0.268 e. The van der Waals surface area contributed by atoms with E-state index in [0.717, 1.165) is 38.8 Å². The lowest BCUT2D eigenvalue weighted by molar-refractivity contribution is 0.0364. The van der Waals surface area contributed by atoms with Gasteiger partial charge in [-0.1, -0.05) is 6.92 Å². The van der Waals surface area contributed by atoms with Crippen LogP contribution in [0.5, 0.6) is 5.75 Å². The molecule has 2 aromatic rings. The second kappa shape index (κ2) is 9.14. The summed E-state index contributed by atoms with van der Waals surface area (Å²) in [7, 11) is 0. The third kappa shape index (κ3) is 4.34. The zero-order valence-corrected chi connectivity index (χ0v) is 17.5. The van der Waals surface area contributed by atoms with Gasteiger partial charge in [-0.15, -0.1) is 0 Å². The number of hydrogen-bond donors (Lipinski definition) is 2. The summed E-state index contributed by atoms with van der Waals surface area (Å²) >= 11 is 0. The van der Waals surface area contributed by atoms with Gasteiger partial charge in [-0.25, -0.2) is 4.98 Å². The summed E-state index contributed by atoms with van der Waals surface area (Å²) in [5.74, 6) is -0.119. The molecule has 0 unspecified atom stereocenters. The molecule has 8 heteroatoms. The van der Waals surface area contributed by atoms with Crippen molar-refractivity contribution >= 4 is 16.9 Å². The first-order valence-electron chi connectivity index (χ1n) is 10.9. The highest BCUT2D eigenvalue weighted by Gasteiger charge is 2.26. The molecule has 3 heterocycles. The predicted molar refractivity (Wildman–Crippen MR) is 114 cm³/mol. The van der Waals surface area contributed by atoms with Crippen LogP contribution in [0, 0.1) is 5.92 Å². The minimum atomic E-state index is -0.497. The van der Waals surface area contributed by atoms with Crippen LogP contribution in [0.3, 0.4) is 0 Å². The van der Waals surface area contributed by atoms with Crippen LogP contribution in [-0.4, -0.2) is 64.4 Å². The van der Waals surface area contributed by atoms with E-state index in [1.54, 1.807) is 18.3 Å². The quantitative estimate of drug-likeness (QED) is 0.774. The minimum absolute atomic E-state index is 0.0406. The lowest BCUT2D eigenvalue weighted by atomic mass is 9.87. The van der Waals surface area contributed by atoms with E-state index >= 15 is 0 Å². The van der Waals surface area contributed by atoms with Crippen LogP contribution in [0.25, 0.3) is 11.0 Å². The van der Waals surface area contributed by atoms with E-state index in [9.17, 15) is 14.7 Å². The monoisotopic (exact) mass is 414 g/mol. The Hall–Kier alpha value is -2.45. The van der Waals surface area contributed by atoms with E-state index in [-0.39, 0.29) is 17.4 Å². The van der Waals surface area contributed by atoms with Crippen molar-refractivity contribution < 1.29 is 14.6 Å². The molecule has 2 fully saturated rings. The molecule has 1 saturated heterocycles. The van der Waals surface area contributed by atoms with Gasteiger partial charge in [0, 0.05) is 38.4 Å². The predicted octanol–water partition coefficient (Wildman–Crippen LogP) is 1.74. The fourth-order valence-electron chi connectivity index (χ4n) is 4.40. The lowest BCUT2D eigenvalue weighted by Gasteiger charge is -2.27. The number of rotatable bonds is 5. The van der Waals surface area contributed by atoms with E-state index in [1.807, 2.05) is 0 Å². The highest BCUT2D eigenvalue weighted by molar-refractivity contribution is 6.01. The van der Waals surface area contributed by atoms with Gasteiger partial charge in [0.25, 0.3) is 11.5 Å². The Morgan fingerprint density at radius 1 is 1.23 bits per heavy atom. The first-order valence-corrected chi connectivity index (χ1v) is 10.9. The Labute approximate surface area is 175 Å². The number of hydrogen-bond acceptors (Lipinski definition) is 6. The number of aromatic hydroxyl groups is 1. The summed E-state index contributed by atoms with van der Waals surface area (Å²) < 4.78 is 6.90. The zero-order valence-electron chi connectivity index (χ0n) is 17.5. The molecular weight excluding hydrogens is 384 g/mol. The number of morpholine rings is 1. The molecule has 0 radical (unpaired) electrons. The van der Waals surface area contributed by atoms with Gasteiger partial charge in [0.05, 0.1) is 18.6 Å². The Balaban J connectivity index is 1.63. The number of carbonyl (C=O) groups excluding carboxylic acids is 1. The molecule has 2 aromatic heterocycles. The van der Waals surface area contributed by atoms with Gasteiger partial charge < -0.3 is 15.2 Å². The molecule has 1 aliphatic heterocycles. The van der Waals surface area contributed by atoms with Crippen molar-refractivity contribution in [2.45, 2.75) is 45.2 Å². The molecular formula is C22H30N4O4. The summed E-state index contributed by atoms with van der Waals surface area (Å²) in [4.78, 5) is 32.8.